The second-order valence-corrected chi connectivity index (χ2v) is 7.00. The predicted octanol–water partition coefficient (Wildman–Crippen LogP) is 3.40. The lowest BCUT2D eigenvalue weighted by Crippen LogP contribution is -2.22. The van der Waals surface area contributed by atoms with Gasteiger partial charge in [-0.3, -0.25) is 4.79 Å². The van der Waals surface area contributed by atoms with Gasteiger partial charge in [-0.1, -0.05) is 12.1 Å². The summed E-state index contributed by atoms with van der Waals surface area (Å²) in [6.45, 7) is 2.00. The van der Waals surface area contributed by atoms with Crippen molar-refractivity contribution in [1.29, 1.82) is 0 Å². The van der Waals surface area contributed by atoms with Crippen LogP contribution in [-0.2, 0) is 9.59 Å². The van der Waals surface area contributed by atoms with Crippen molar-refractivity contribution in [3.8, 4) is 17.2 Å². The standard InChI is InChI=1S/C24H25NO7/c1-15(12-22(26)25-17-9-10-18(29-2)21(14-17)30-3)20-13-16-6-4-7-19(24(16)32-20)31-11-5-8-23(27)28/h4,6-7,9-10,12-14H,5,8,11H2,1-3H3,(H,25,26)(H,27,28)/p-1/b15-12-. The molecule has 0 saturated carbocycles. The Morgan fingerprint density at radius 2 is 1.84 bits per heavy atom. The molecule has 3 aromatic rings. The Bertz CT molecular complexity index is 1150. The Hall–Kier alpha value is -3.94. The van der Waals surface area contributed by atoms with Gasteiger partial charge in [0.2, 0.25) is 5.91 Å². The highest BCUT2D eigenvalue weighted by atomic mass is 16.5. The number of hydrogen-bond acceptors (Lipinski definition) is 7. The lowest BCUT2D eigenvalue weighted by Gasteiger charge is -2.09. The molecule has 1 N–H and O–H groups in total. The number of allylic oxidation sites excluding steroid dienone is 1. The van der Waals surface area contributed by atoms with Gasteiger partial charge in [-0.25, -0.2) is 0 Å². The molecule has 2 aromatic carbocycles. The minimum atomic E-state index is -1.11. The van der Waals surface area contributed by atoms with Gasteiger partial charge in [-0.15, -0.1) is 0 Å². The number of furan rings is 1. The number of hydrogen-bond donors (Lipinski definition) is 1. The molecule has 0 aliphatic carbocycles. The molecule has 32 heavy (non-hydrogen) atoms. The molecule has 0 atom stereocenters. The summed E-state index contributed by atoms with van der Waals surface area (Å²) < 4.78 is 22.0. The van der Waals surface area contributed by atoms with E-state index >= 15 is 0 Å². The summed E-state index contributed by atoms with van der Waals surface area (Å²) in [5.74, 6) is 0.670. The van der Waals surface area contributed by atoms with Crippen molar-refractivity contribution >= 4 is 34.1 Å². The average molecular weight is 438 g/mol. The minimum absolute atomic E-state index is 0.0730. The summed E-state index contributed by atoms with van der Waals surface area (Å²) in [6, 6.07) is 12.3. The Labute approximate surface area is 185 Å². The quantitative estimate of drug-likeness (QED) is 0.382. The first-order valence-corrected chi connectivity index (χ1v) is 9.98. The average Bonchev–Trinajstić information content (AvgIpc) is 3.21. The fraction of sp³-hybridized carbons (Fsp3) is 0.250. The van der Waals surface area contributed by atoms with Crippen molar-refractivity contribution in [3.05, 3.63) is 54.3 Å². The zero-order chi connectivity index (χ0) is 23.1. The third-order valence-electron chi connectivity index (χ3n) is 4.68. The Kier molecular flexibility index (Phi) is 7.38. The molecule has 8 heteroatoms. The number of anilines is 1. The summed E-state index contributed by atoms with van der Waals surface area (Å²) in [5.41, 5.74) is 1.72. The van der Waals surface area contributed by atoms with Crippen LogP contribution in [0.1, 0.15) is 25.5 Å². The van der Waals surface area contributed by atoms with Gasteiger partial charge in [-0.2, -0.15) is 0 Å². The van der Waals surface area contributed by atoms with E-state index in [-0.39, 0.29) is 18.9 Å². The lowest BCUT2D eigenvalue weighted by atomic mass is 10.2. The number of carbonyl (C=O) groups excluding carboxylic acids is 2. The number of fused-ring (bicyclic) bond motifs is 1. The maximum absolute atomic E-state index is 12.5. The smallest absolute Gasteiger partial charge is 0.248 e. The molecule has 0 fully saturated rings. The van der Waals surface area contributed by atoms with Crippen LogP contribution in [0.25, 0.3) is 16.5 Å². The van der Waals surface area contributed by atoms with Gasteiger partial charge in [0, 0.05) is 29.2 Å². The van der Waals surface area contributed by atoms with Crippen LogP contribution >= 0.6 is 0 Å². The minimum Gasteiger partial charge on any atom is -0.550 e. The Morgan fingerprint density at radius 3 is 2.56 bits per heavy atom. The van der Waals surface area contributed by atoms with Crippen LogP contribution in [0, 0.1) is 0 Å². The SMILES string of the molecule is COc1ccc(NC(=O)/C=C(/C)c2cc3cccc(OCCCC(=O)[O-])c3o2)cc1OC. The molecule has 0 unspecified atom stereocenters. The number of carboxylic acids is 1. The van der Waals surface area contributed by atoms with Crippen molar-refractivity contribution in [1.82, 2.24) is 0 Å². The van der Waals surface area contributed by atoms with Gasteiger partial charge in [0.15, 0.2) is 22.8 Å². The number of para-hydroxylation sites is 1. The summed E-state index contributed by atoms with van der Waals surface area (Å²) in [4.78, 5) is 23.0. The first kappa shape index (κ1) is 22.7. The zero-order valence-corrected chi connectivity index (χ0v) is 18.1. The summed E-state index contributed by atoms with van der Waals surface area (Å²) in [7, 11) is 3.07. The van der Waals surface area contributed by atoms with Crippen LogP contribution in [-0.4, -0.2) is 32.7 Å². The molecule has 0 spiro atoms. The summed E-state index contributed by atoms with van der Waals surface area (Å²) in [5, 5.41) is 14.1. The lowest BCUT2D eigenvalue weighted by molar-refractivity contribution is -0.305. The first-order valence-electron chi connectivity index (χ1n) is 9.98. The van der Waals surface area contributed by atoms with E-state index in [1.54, 1.807) is 38.3 Å². The predicted molar refractivity (Wildman–Crippen MR) is 118 cm³/mol. The van der Waals surface area contributed by atoms with E-state index in [9.17, 15) is 14.7 Å². The fourth-order valence-corrected chi connectivity index (χ4v) is 3.10. The maximum atomic E-state index is 12.5. The molecule has 0 aliphatic heterocycles. The number of carbonyl (C=O) groups is 2. The summed E-state index contributed by atoms with van der Waals surface area (Å²) >= 11 is 0. The molecule has 0 saturated heterocycles. The number of methoxy groups -OCH3 is 2. The van der Waals surface area contributed by atoms with E-state index in [1.165, 1.54) is 13.2 Å². The van der Waals surface area contributed by atoms with E-state index in [0.29, 0.717) is 46.3 Å². The fourth-order valence-electron chi connectivity index (χ4n) is 3.10. The maximum Gasteiger partial charge on any atom is 0.248 e. The monoisotopic (exact) mass is 438 g/mol. The molecule has 0 aliphatic rings. The number of benzene rings is 2. The van der Waals surface area contributed by atoms with Gasteiger partial charge in [0.1, 0.15) is 5.76 Å². The molecule has 0 radical (unpaired) electrons. The highest BCUT2D eigenvalue weighted by Crippen LogP contribution is 2.32. The number of carboxylic acid groups (broad SMARTS) is 1. The van der Waals surface area contributed by atoms with E-state index in [1.807, 2.05) is 18.2 Å². The van der Waals surface area contributed by atoms with E-state index in [0.717, 1.165) is 5.39 Å². The highest BCUT2D eigenvalue weighted by molar-refractivity contribution is 6.04. The zero-order valence-electron chi connectivity index (χ0n) is 18.1. The normalized spacial score (nSPS) is 11.3. The van der Waals surface area contributed by atoms with Crippen LogP contribution < -0.4 is 24.6 Å². The number of amides is 1. The van der Waals surface area contributed by atoms with Crippen molar-refractivity contribution < 1.29 is 33.3 Å². The molecular weight excluding hydrogens is 414 g/mol. The number of ether oxygens (including phenoxy) is 3. The Morgan fingerprint density at radius 1 is 1.06 bits per heavy atom. The van der Waals surface area contributed by atoms with Gasteiger partial charge in [-0.05, 0) is 49.6 Å². The van der Waals surface area contributed by atoms with Crippen molar-refractivity contribution in [2.24, 2.45) is 0 Å². The second-order valence-electron chi connectivity index (χ2n) is 7.00. The molecule has 1 amide bonds. The van der Waals surface area contributed by atoms with Crippen LogP contribution in [0.3, 0.4) is 0 Å². The van der Waals surface area contributed by atoms with Crippen molar-refractivity contribution in [2.75, 3.05) is 26.1 Å². The molecule has 3 rings (SSSR count). The molecular formula is C24H24NO7-. The third kappa shape index (κ3) is 5.60. The van der Waals surface area contributed by atoms with Crippen LogP contribution in [0.2, 0.25) is 0 Å². The van der Waals surface area contributed by atoms with E-state index in [2.05, 4.69) is 5.32 Å². The number of aliphatic carboxylic acids is 1. The van der Waals surface area contributed by atoms with Gasteiger partial charge in [0.25, 0.3) is 0 Å². The van der Waals surface area contributed by atoms with E-state index < -0.39 is 5.97 Å². The van der Waals surface area contributed by atoms with E-state index in [4.69, 9.17) is 18.6 Å². The van der Waals surface area contributed by atoms with Crippen molar-refractivity contribution in [3.63, 3.8) is 0 Å². The molecule has 8 nitrogen and oxygen atoms in total. The summed E-state index contributed by atoms with van der Waals surface area (Å²) in [6.07, 6.45) is 1.70. The topological polar surface area (TPSA) is 110 Å². The number of nitrogens with one attached hydrogen (secondary N) is 1. The third-order valence-corrected chi connectivity index (χ3v) is 4.68. The van der Waals surface area contributed by atoms with Gasteiger partial charge in [0.05, 0.1) is 20.8 Å². The second kappa shape index (κ2) is 10.4. The van der Waals surface area contributed by atoms with Gasteiger partial charge < -0.3 is 33.8 Å². The molecule has 168 valence electrons. The Balaban J connectivity index is 1.73. The van der Waals surface area contributed by atoms with Crippen LogP contribution in [0.5, 0.6) is 17.2 Å². The van der Waals surface area contributed by atoms with Crippen molar-refractivity contribution in [2.45, 2.75) is 19.8 Å². The number of rotatable bonds is 10. The van der Waals surface area contributed by atoms with Gasteiger partial charge >= 0.3 is 0 Å². The van der Waals surface area contributed by atoms with Crippen LogP contribution in [0.15, 0.2) is 53.0 Å². The van der Waals surface area contributed by atoms with Crippen LogP contribution in [0.4, 0.5) is 5.69 Å². The first-order chi connectivity index (χ1) is 15.4. The molecule has 1 heterocycles. The molecule has 1 aromatic heterocycles. The highest BCUT2D eigenvalue weighted by Gasteiger charge is 2.12. The largest absolute Gasteiger partial charge is 0.550 e. The molecule has 0 bridgehead atoms.